The number of sulfonamides is 1. The standard InChI is InChI=1S/C23H24ClNO5S/c24-21-10-9-19(31(28,29)25-11-2-1-3-12-25)14-20(21)23(27)30-15-22(26)18-8-7-16-5-4-6-17(16)13-18/h7-10,13-14H,1-6,11-12,15H2. The number of aryl methyl sites for hydroxylation is 2. The Bertz CT molecular complexity index is 1120. The molecule has 6 nitrogen and oxygen atoms in total. The second-order valence-electron chi connectivity index (χ2n) is 7.94. The Hall–Kier alpha value is -2.22. The maximum Gasteiger partial charge on any atom is 0.340 e. The van der Waals surface area contributed by atoms with Crippen LogP contribution in [0.25, 0.3) is 0 Å². The summed E-state index contributed by atoms with van der Waals surface area (Å²) in [6.07, 6.45) is 5.68. The highest BCUT2D eigenvalue weighted by Crippen LogP contribution is 2.26. The smallest absolute Gasteiger partial charge is 0.340 e. The van der Waals surface area contributed by atoms with Crippen molar-refractivity contribution in [1.82, 2.24) is 4.31 Å². The normalized spacial score (nSPS) is 16.7. The Labute approximate surface area is 187 Å². The first-order valence-corrected chi connectivity index (χ1v) is 12.3. The van der Waals surface area contributed by atoms with Gasteiger partial charge in [0, 0.05) is 18.7 Å². The molecule has 0 saturated carbocycles. The molecule has 2 aromatic carbocycles. The van der Waals surface area contributed by atoms with Crippen LogP contribution in [0.4, 0.5) is 0 Å². The van der Waals surface area contributed by atoms with Gasteiger partial charge < -0.3 is 4.74 Å². The fourth-order valence-electron chi connectivity index (χ4n) is 4.11. The van der Waals surface area contributed by atoms with E-state index in [9.17, 15) is 18.0 Å². The highest BCUT2D eigenvalue weighted by molar-refractivity contribution is 7.89. The fourth-order valence-corrected chi connectivity index (χ4v) is 5.85. The first-order valence-electron chi connectivity index (χ1n) is 10.5. The molecule has 8 heteroatoms. The average Bonchev–Trinajstić information content (AvgIpc) is 3.26. The summed E-state index contributed by atoms with van der Waals surface area (Å²) in [7, 11) is -3.71. The molecule has 4 rings (SSSR count). The highest BCUT2D eigenvalue weighted by Gasteiger charge is 2.27. The molecule has 1 heterocycles. The number of ketones is 1. The number of carbonyl (C=O) groups excluding carboxylic acids is 2. The van der Waals surface area contributed by atoms with Crippen LogP contribution in [0, 0.1) is 0 Å². The van der Waals surface area contributed by atoms with Gasteiger partial charge in [0.15, 0.2) is 12.4 Å². The maximum absolute atomic E-state index is 12.9. The quantitative estimate of drug-likeness (QED) is 0.479. The zero-order valence-corrected chi connectivity index (χ0v) is 18.7. The van der Waals surface area contributed by atoms with Crippen LogP contribution < -0.4 is 0 Å². The van der Waals surface area contributed by atoms with Crippen molar-refractivity contribution in [3.8, 4) is 0 Å². The van der Waals surface area contributed by atoms with E-state index in [1.165, 1.54) is 28.1 Å². The van der Waals surface area contributed by atoms with Gasteiger partial charge in [0.1, 0.15) is 0 Å². The van der Waals surface area contributed by atoms with Crippen LogP contribution in [0.5, 0.6) is 0 Å². The van der Waals surface area contributed by atoms with Crippen LogP contribution in [0.3, 0.4) is 0 Å². The molecule has 1 aliphatic heterocycles. The van der Waals surface area contributed by atoms with Crippen molar-refractivity contribution in [2.24, 2.45) is 0 Å². The van der Waals surface area contributed by atoms with Crippen LogP contribution >= 0.6 is 11.6 Å². The molecular formula is C23H24ClNO5S. The topological polar surface area (TPSA) is 80.8 Å². The van der Waals surface area contributed by atoms with Crippen molar-refractivity contribution < 1.29 is 22.7 Å². The summed E-state index contributed by atoms with van der Waals surface area (Å²) in [5, 5.41) is 0.0765. The number of hydrogen-bond acceptors (Lipinski definition) is 5. The Kier molecular flexibility index (Phi) is 6.46. The molecule has 1 saturated heterocycles. The molecule has 0 bridgehead atoms. The van der Waals surface area contributed by atoms with Crippen LogP contribution in [0.2, 0.25) is 5.02 Å². The van der Waals surface area contributed by atoms with E-state index >= 15 is 0 Å². The van der Waals surface area contributed by atoms with Gasteiger partial charge in [0.2, 0.25) is 10.0 Å². The number of piperidine rings is 1. The molecule has 2 aliphatic rings. The molecule has 2 aromatic rings. The van der Waals surface area contributed by atoms with E-state index in [0.717, 1.165) is 44.1 Å². The van der Waals surface area contributed by atoms with E-state index in [0.29, 0.717) is 18.7 Å². The molecule has 0 aromatic heterocycles. The number of rotatable bonds is 6. The van der Waals surface area contributed by atoms with Gasteiger partial charge in [-0.1, -0.05) is 30.2 Å². The van der Waals surface area contributed by atoms with Crippen LogP contribution in [-0.4, -0.2) is 44.2 Å². The lowest BCUT2D eigenvalue weighted by Crippen LogP contribution is -2.35. The number of benzene rings is 2. The molecule has 0 unspecified atom stereocenters. The third kappa shape index (κ3) is 4.68. The van der Waals surface area contributed by atoms with Gasteiger partial charge in [0.25, 0.3) is 0 Å². The fraction of sp³-hybridized carbons (Fsp3) is 0.391. The molecule has 164 valence electrons. The van der Waals surface area contributed by atoms with Gasteiger partial charge in [-0.25, -0.2) is 13.2 Å². The van der Waals surface area contributed by atoms with Crippen molar-refractivity contribution in [3.05, 3.63) is 63.7 Å². The first kappa shape index (κ1) is 22.0. The monoisotopic (exact) mass is 461 g/mol. The lowest BCUT2D eigenvalue weighted by Gasteiger charge is -2.26. The second kappa shape index (κ2) is 9.10. The zero-order chi connectivity index (χ0) is 22.0. The van der Waals surface area contributed by atoms with Crippen molar-refractivity contribution in [1.29, 1.82) is 0 Å². The van der Waals surface area contributed by atoms with E-state index in [2.05, 4.69) is 0 Å². The minimum atomic E-state index is -3.71. The lowest BCUT2D eigenvalue weighted by atomic mass is 10.0. The van der Waals surface area contributed by atoms with Crippen molar-refractivity contribution >= 4 is 33.4 Å². The minimum absolute atomic E-state index is 0.00398. The summed E-state index contributed by atoms with van der Waals surface area (Å²) in [5.41, 5.74) is 2.85. The molecule has 0 amide bonds. The first-order chi connectivity index (χ1) is 14.9. The van der Waals surface area contributed by atoms with Crippen molar-refractivity contribution in [3.63, 3.8) is 0 Å². The van der Waals surface area contributed by atoms with Crippen molar-refractivity contribution in [2.45, 2.75) is 43.4 Å². The lowest BCUT2D eigenvalue weighted by molar-refractivity contribution is 0.0474. The van der Waals surface area contributed by atoms with Gasteiger partial charge in [-0.05, 0) is 67.5 Å². The molecule has 0 radical (unpaired) electrons. The summed E-state index contributed by atoms with van der Waals surface area (Å²) >= 11 is 6.13. The third-order valence-electron chi connectivity index (χ3n) is 5.87. The van der Waals surface area contributed by atoms with E-state index in [4.69, 9.17) is 16.3 Å². The maximum atomic E-state index is 12.9. The SMILES string of the molecule is O=C(COC(=O)c1cc(S(=O)(=O)N2CCCCC2)ccc1Cl)c1ccc2c(c1)CCC2. The van der Waals surface area contributed by atoms with Gasteiger partial charge >= 0.3 is 5.97 Å². The average molecular weight is 462 g/mol. The van der Waals surface area contributed by atoms with E-state index in [1.54, 1.807) is 6.07 Å². The predicted octanol–water partition coefficient (Wildman–Crippen LogP) is 4.04. The number of esters is 1. The van der Waals surface area contributed by atoms with Crippen LogP contribution in [0.1, 0.15) is 57.5 Å². The molecular weight excluding hydrogens is 438 g/mol. The Morgan fingerprint density at radius 3 is 2.45 bits per heavy atom. The molecule has 0 atom stereocenters. The van der Waals surface area contributed by atoms with Gasteiger partial charge in [-0.2, -0.15) is 4.31 Å². The molecule has 31 heavy (non-hydrogen) atoms. The minimum Gasteiger partial charge on any atom is -0.454 e. The summed E-state index contributed by atoms with van der Waals surface area (Å²) < 4.78 is 32.4. The van der Waals surface area contributed by atoms with Crippen LogP contribution in [0.15, 0.2) is 41.3 Å². The summed E-state index contributed by atoms with van der Waals surface area (Å²) in [6, 6.07) is 9.55. The number of carbonyl (C=O) groups is 2. The molecule has 0 N–H and O–H groups in total. The van der Waals surface area contributed by atoms with Gasteiger partial charge in [-0.15, -0.1) is 0 Å². The summed E-state index contributed by atoms with van der Waals surface area (Å²) in [4.78, 5) is 25.1. The summed E-state index contributed by atoms with van der Waals surface area (Å²) in [5.74, 6) is -1.13. The van der Waals surface area contributed by atoms with Crippen molar-refractivity contribution in [2.75, 3.05) is 19.7 Å². The van der Waals surface area contributed by atoms with E-state index in [1.807, 2.05) is 12.1 Å². The number of nitrogens with zero attached hydrogens (tertiary/aromatic N) is 1. The van der Waals surface area contributed by atoms with Crippen LogP contribution in [-0.2, 0) is 27.6 Å². The Morgan fingerprint density at radius 2 is 1.68 bits per heavy atom. The number of fused-ring (bicyclic) bond motifs is 1. The number of halogens is 1. The van der Waals surface area contributed by atoms with Gasteiger partial charge in [-0.3, -0.25) is 4.79 Å². The zero-order valence-electron chi connectivity index (χ0n) is 17.1. The Balaban J connectivity index is 1.47. The largest absolute Gasteiger partial charge is 0.454 e. The van der Waals surface area contributed by atoms with Gasteiger partial charge in [0.05, 0.1) is 15.5 Å². The predicted molar refractivity (Wildman–Crippen MR) is 117 cm³/mol. The molecule has 0 spiro atoms. The molecule has 1 aliphatic carbocycles. The number of Topliss-reactive ketones (excluding diaryl/α,β-unsaturated/α-hetero) is 1. The van der Waals surface area contributed by atoms with E-state index < -0.39 is 22.6 Å². The molecule has 1 fully saturated rings. The number of ether oxygens (including phenoxy) is 1. The highest BCUT2D eigenvalue weighted by atomic mass is 35.5. The third-order valence-corrected chi connectivity index (χ3v) is 8.09. The summed E-state index contributed by atoms with van der Waals surface area (Å²) in [6.45, 7) is 0.483. The van der Waals surface area contributed by atoms with E-state index in [-0.39, 0.29) is 21.3 Å². The number of hydrogen-bond donors (Lipinski definition) is 0. The Morgan fingerprint density at radius 1 is 0.935 bits per heavy atom. The second-order valence-corrected chi connectivity index (χ2v) is 10.3.